The molecule has 1 aromatic carbocycles. The zero-order valence-electron chi connectivity index (χ0n) is 18.1. The molecular formula is C23H26N4O5S. The topological polar surface area (TPSA) is 105 Å². The van der Waals surface area contributed by atoms with Crippen molar-refractivity contribution in [3.8, 4) is 5.75 Å². The highest BCUT2D eigenvalue weighted by molar-refractivity contribution is 7.90. The fraction of sp³-hybridized carbons (Fsp3) is 0.391. The van der Waals surface area contributed by atoms with Gasteiger partial charge in [0.05, 0.1) is 22.7 Å². The van der Waals surface area contributed by atoms with Gasteiger partial charge < -0.3 is 14.7 Å². The van der Waals surface area contributed by atoms with Crippen molar-refractivity contribution < 1.29 is 23.1 Å². The van der Waals surface area contributed by atoms with Gasteiger partial charge in [0.1, 0.15) is 11.3 Å². The molecule has 3 aliphatic rings. The Balaban J connectivity index is 0.000000724. The monoisotopic (exact) mass is 470 g/mol. The zero-order chi connectivity index (χ0) is 23.0. The SMILES string of the molecule is O=CO.O=S(=O)(c1cccc2c1CCO2)n1cc(N2CCN3CCCC3C2)c2ncccc21. The molecule has 9 nitrogen and oxygen atoms in total. The first-order chi connectivity index (χ1) is 16.0. The molecule has 0 bridgehead atoms. The maximum atomic E-state index is 13.7. The smallest absolute Gasteiger partial charge is 0.290 e. The van der Waals surface area contributed by atoms with Gasteiger partial charge in [0, 0.05) is 50.1 Å². The Morgan fingerprint density at radius 1 is 1.15 bits per heavy atom. The number of aromatic nitrogens is 2. The molecule has 0 saturated carbocycles. The summed E-state index contributed by atoms with van der Waals surface area (Å²) in [5, 5.41) is 6.89. The first-order valence-electron chi connectivity index (χ1n) is 11.1. The Morgan fingerprint density at radius 2 is 2.00 bits per heavy atom. The van der Waals surface area contributed by atoms with Crippen molar-refractivity contribution in [1.29, 1.82) is 0 Å². The summed E-state index contributed by atoms with van der Waals surface area (Å²) in [5.74, 6) is 0.670. The summed E-state index contributed by atoms with van der Waals surface area (Å²) in [6.07, 6.45) is 6.57. The number of benzene rings is 1. The lowest BCUT2D eigenvalue weighted by Crippen LogP contribution is -2.50. The average Bonchev–Trinajstić information content (AvgIpc) is 3.56. The summed E-state index contributed by atoms with van der Waals surface area (Å²) in [6.45, 7) is 4.27. The van der Waals surface area contributed by atoms with E-state index in [0.29, 0.717) is 35.2 Å². The van der Waals surface area contributed by atoms with Crippen LogP contribution in [0.2, 0.25) is 0 Å². The van der Waals surface area contributed by atoms with E-state index in [-0.39, 0.29) is 6.47 Å². The molecule has 0 aliphatic carbocycles. The van der Waals surface area contributed by atoms with Crippen LogP contribution in [0.5, 0.6) is 5.75 Å². The van der Waals surface area contributed by atoms with Crippen LogP contribution >= 0.6 is 0 Å². The Bertz CT molecular complexity index is 1290. The molecule has 1 atom stereocenters. The highest BCUT2D eigenvalue weighted by Crippen LogP contribution is 2.36. The number of hydrogen-bond acceptors (Lipinski definition) is 7. The van der Waals surface area contributed by atoms with E-state index in [0.717, 1.165) is 36.4 Å². The number of fused-ring (bicyclic) bond motifs is 3. The lowest BCUT2D eigenvalue weighted by atomic mass is 10.1. The van der Waals surface area contributed by atoms with Crippen LogP contribution in [0, 0.1) is 0 Å². The molecule has 3 aliphatic heterocycles. The second-order valence-corrected chi connectivity index (χ2v) is 10.2. The van der Waals surface area contributed by atoms with Crippen LogP contribution < -0.4 is 9.64 Å². The molecule has 2 fully saturated rings. The van der Waals surface area contributed by atoms with Gasteiger partial charge in [-0.05, 0) is 43.7 Å². The molecule has 2 aromatic heterocycles. The van der Waals surface area contributed by atoms with Gasteiger partial charge in [-0.3, -0.25) is 14.7 Å². The van der Waals surface area contributed by atoms with Gasteiger partial charge in [0.2, 0.25) is 0 Å². The van der Waals surface area contributed by atoms with E-state index in [1.807, 2.05) is 12.1 Å². The number of hydrogen-bond donors (Lipinski definition) is 1. The van der Waals surface area contributed by atoms with Gasteiger partial charge in [-0.15, -0.1) is 0 Å². The van der Waals surface area contributed by atoms with Crippen LogP contribution in [0.25, 0.3) is 11.0 Å². The second kappa shape index (κ2) is 8.68. The van der Waals surface area contributed by atoms with Crippen LogP contribution in [-0.4, -0.2) is 72.7 Å². The summed E-state index contributed by atoms with van der Waals surface area (Å²) in [6, 6.07) is 9.46. The minimum Gasteiger partial charge on any atom is -0.493 e. The fourth-order valence-corrected chi connectivity index (χ4v) is 6.81. The first-order valence-corrected chi connectivity index (χ1v) is 12.5. The Kier molecular flexibility index (Phi) is 5.71. The summed E-state index contributed by atoms with van der Waals surface area (Å²) >= 11 is 0. The lowest BCUT2D eigenvalue weighted by Gasteiger charge is -2.38. The molecule has 2 saturated heterocycles. The molecule has 33 heavy (non-hydrogen) atoms. The van der Waals surface area contributed by atoms with Crippen LogP contribution in [0.15, 0.2) is 47.6 Å². The Labute approximate surface area is 192 Å². The van der Waals surface area contributed by atoms with Crippen molar-refractivity contribution in [2.24, 2.45) is 0 Å². The maximum Gasteiger partial charge on any atom is 0.290 e. The second-order valence-electron chi connectivity index (χ2n) is 8.40. The number of rotatable bonds is 3. The summed E-state index contributed by atoms with van der Waals surface area (Å²) in [5.41, 5.74) is 3.04. The quantitative estimate of drug-likeness (QED) is 0.581. The van der Waals surface area contributed by atoms with E-state index in [9.17, 15) is 8.42 Å². The van der Waals surface area contributed by atoms with Gasteiger partial charge in [-0.25, -0.2) is 12.4 Å². The highest BCUT2D eigenvalue weighted by atomic mass is 32.2. The van der Waals surface area contributed by atoms with Crippen molar-refractivity contribution in [1.82, 2.24) is 13.9 Å². The highest BCUT2D eigenvalue weighted by Gasteiger charge is 2.33. The van der Waals surface area contributed by atoms with Gasteiger partial charge in [0.15, 0.2) is 0 Å². The molecule has 10 heteroatoms. The molecule has 5 heterocycles. The Morgan fingerprint density at radius 3 is 2.85 bits per heavy atom. The van der Waals surface area contributed by atoms with Crippen LogP contribution in [-0.2, 0) is 21.2 Å². The van der Waals surface area contributed by atoms with Gasteiger partial charge >= 0.3 is 0 Å². The van der Waals surface area contributed by atoms with Gasteiger partial charge in [-0.2, -0.15) is 0 Å². The molecule has 0 spiro atoms. The predicted octanol–water partition coefficient (Wildman–Crippen LogP) is 2.19. The van der Waals surface area contributed by atoms with Crippen molar-refractivity contribution in [3.63, 3.8) is 0 Å². The van der Waals surface area contributed by atoms with Crippen molar-refractivity contribution in [3.05, 3.63) is 48.3 Å². The largest absolute Gasteiger partial charge is 0.493 e. The maximum absolute atomic E-state index is 13.7. The van der Waals surface area contributed by atoms with Crippen LogP contribution in [0.4, 0.5) is 5.69 Å². The predicted molar refractivity (Wildman–Crippen MR) is 123 cm³/mol. The minimum atomic E-state index is -3.77. The van der Waals surface area contributed by atoms with Crippen molar-refractivity contribution in [2.45, 2.75) is 30.2 Å². The fourth-order valence-electron chi connectivity index (χ4n) is 5.19. The summed E-state index contributed by atoms with van der Waals surface area (Å²) in [4.78, 5) is 18.1. The summed E-state index contributed by atoms with van der Waals surface area (Å²) < 4.78 is 34.5. The number of ether oxygens (including phenoxy) is 1. The molecule has 3 aromatic rings. The zero-order valence-corrected chi connectivity index (χ0v) is 18.9. The number of anilines is 1. The van der Waals surface area contributed by atoms with E-state index in [1.54, 1.807) is 30.6 Å². The Hall–Kier alpha value is -3.11. The number of nitrogens with zero attached hydrogens (tertiary/aromatic N) is 4. The van der Waals surface area contributed by atoms with E-state index < -0.39 is 10.0 Å². The van der Waals surface area contributed by atoms with E-state index in [4.69, 9.17) is 14.6 Å². The van der Waals surface area contributed by atoms with Crippen molar-refractivity contribution >= 4 is 33.2 Å². The summed E-state index contributed by atoms with van der Waals surface area (Å²) in [7, 11) is -3.77. The van der Waals surface area contributed by atoms with Crippen molar-refractivity contribution in [2.75, 3.05) is 37.7 Å². The molecule has 0 radical (unpaired) electrons. The molecule has 1 unspecified atom stereocenters. The van der Waals surface area contributed by atoms with Crippen LogP contribution in [0.3, 0.4) is 0 Å². The minimum absolute atomic E-state index is 0.250. The third kappa shape index (κ3) is 3.72. The first kappa shape index (κ1) is 21.7. The van der Waals surface area contributed by atoms with E-state index in [1.165, 1.54) is 23.4 Å². The average molecular weight is 471 g/mol. The number of pyridine rings is 1. The molecule has 0 amide bonds. The molecule has 174 valence electrons. The van der Waals surface area contributed by atoms with Crippen LogP contribution in [0.1, 0.15) is 18.4 Å². The standard InChI is InChI=1S/C22H24N4O3S.CH2O2/c27-30(28,21-7-1-6-20-17(21)8-13-29-20)26-15-19(22-18(26)5-2-9-23-22)25-12-11-24-10-3-4-16(24)14-25;2-1-3/h1-2,5-7,9,15-16H,3-4,8,10-14H2;1H,(H,2,3). The van der Waals surface area contributed by atoms with Gasteiger partial charge in [-0.1, -0.05) is 6.07 Å². The third-order valence-corrected chi connectivity index (χ3v) is 8.43. The molecule has 6 rings (SSSR count). The van der Waals surface area contributed by atoms with E-state index >= 15 is 0 Å². The number of carbonyl (C=O) groups is 1. The third-order valence-electron chi connectivity index (χ3n) is 6.67. The molecule has 1 N–H and O–H groups in total. The lowest BCUT2D eigenvalue weighted by molar-refractivity contribution is -0.122. The number of piperazine rings is 1. The molecular weight excluding hydrogens is 444 g/mol. The normalized spacial score (nSPS) is 20.0. The van der Waals surface area contributed by atoms with E-state index in [2.05, 4.69) is 14.8 Å². The van der Waals surface area contributed by atoms with Gasteiger partial charge in [0.25, 0.3) is 16.5 Å². The number of carboxylic acid groups (broad SMARTS) is 1.